The molecule has 1 aromatic rings. The first-order valence-electron chi connectivity index (χ1n) is 10.2. The molecular weight excluding hydrogens is 481 g/mol. The van der Waals surface area contributed by atoms with Gasteiger partial charge >= 0.3 is 0 Å². The molecule has 0 aliphatic rings. The second-order valence-electron chi connectivity index (χ2n) is 6.70. The number of hydrogen-bond donors (Lipinski definition) is 3. The van der Waals surface area contributed by atoms with Crippen LogP contribution in [0.1, 0.15) is 44.0 Å². The first-order valence-corrected chi connectivity index (χ1v) is 10.2. The van der Waals surface area contributed by atoms with Crippen molar-refractivity contribution in [3.05, 3.63) is 29.8 Å². The van der Waals surface area contributed by atoms with Crippen molar-refractivity contribution in [1.29, 1.82) is 0 Å². The molecule has 0 aliphatic heterocycles. The molecule has 0 saturated carbocycles. The maximum atomic E-state index is 12.2. The maximum Gasteiger partial charge on any atom is 0.251 e. The summed E-state index contributed by atoms with van der Waals surface area (Å²) < 4.78 is 5.15. The fourth-order valence-corrected chi connectivity index (χ4v) is 2.88. The van der Waals surface area contributed by atoms with Crippen LogP contribution in [-0.2, 0) is 0 Å². The molecule has 1 aromatic carbocycles. The van der Waals surface area contributed by atoms with Crippen LogP contribution in [-0.4, -0.2) is 69.7 Å². The van der Waals surface area contributed by atoms with Crippen molar-refractivity contribution < 1.29 is 9.53 Å². The first kappa shape index (κ1) is 27.5. The number of benzene rings is 1. The van der Waals surface area contributed by atoms with Gasteiger partial charge in [0.2, 0.25) is 0 Å². The zero-order valence-corrected chi connectivity index (χ0v) is 20.8. The summed E-state index contributed by atoms with van der Waals surface area (Å²) in [7, 11) is 3.34. The number of halogens is 1. The standard InChI is InChI=1S/C21H37N5O2.HI/c1-6-26(7-2)15-9-10-17(3)25-21(22-4)24-14-13-23-20(27)18-11-8-12-19(16-18)28-5;/h8,11-12,16-17H,6-7,9-10,13-15H2,1-5H3,(H,23,27)(H2,22,24,25);1H. The van der Waals surface area contributed by atoms with Gasteiger partial charge in [-0.25, -0.2) is 0 Å². The zero-order chi connectivity index (χ0) is 20.8. The average molecular weight is 519 g/mol. The Morgan fingerprint density at radius 1 is 1.21 bits per heavy atom. The lowest BCUT2D eigenvalue weighted by Crippen LogP contribution is -2.45. The Hall–Kier alpha value is -1.55. The number of hydrogen-bond acceptors (Lipinski definition) is 4. The highest BCUT2D eigenvalue weighted by atomic mass is 127. The molecule has 0 spiro atoms. The van der Waals surface area contributed by atoms with E-state index in [4.69, 9.17) is 4.74 Å². The molecule has 0 aromatic heterocycles. The van der Waals surface area contributed by atoms with Crippen molar-refractivity contribution in [2.75, 3.05) is 46.9 Å². The van der Waals surface area contributed by atoms with E-state index in [2.05, 4.69) is 46.6 Å². The van der Waals surface area contributed by atoms with E-state index in [1.807, 2.05) is 6.07 Å². The smallest absolute Gasteiger partial charge is 0.251 e. The number of methoxy groups -OCH3 is 1. The number of rotatable bonds is 12. The number of carbonyl (C=O) groups is 1. The summed E-state index contributed by atoms with van der Waals surface area (Å²) in [4.78, 5) is 18.9. The Morgan fingerprint density at radius 2 is 1.90 bits per heavy atom. The van der Waals surface area contributed by atoms with Gasteiger partial charge in [0.25, 0.3) is 5.91 Å². The molecule has 1 unspecified atom stereocenters. The topological polar surface area (TPSA) is 78.0 Å². The molecule has 1 atom stereocenters. The van der Waals surface area contributed by atoms with Crippen LogP contribution in [0.25, 0.3) is 0 Å². The molecule has 3 N–H and O–H groups in total. The minimum absolute atomic E-state index is 0. The van der Waals surface area contributed by atoms with E-state index in [0.29, 0.717) is 30.4 Å². The third-order valence-electron chi connectivity index (χ3n) is 4.65. The average Bonchev–Trinajstić information content (AvgIpc) is 2.73. The number of nitrogens with one attached hydrogen (secondary N) is 3. The lowest BCUT2D eigenvalue weighted by molar-refractivity contribution is 0.0954. The van der Waals surface area contributed by atoms with Gasteiger partial charge in [0.05, 0.1) is 7.11 Å². The van der Waals surface area contributed by atoms with Crippen LogP contribution in [0.15, 0.2) is 29.3 Å². The van der Waals surface area contributed by atoms with E-state index < -0.39 is 0 Å². The van der Waals surface area contributed by atoms with Crippen molar-refractivity contribution in [1.82, 2.24) is 20.9 Å². The van der Waals surface area contributed by atoms with E-state index >= 15 is 0 Å². The number of guanidine groups is 1. The molecule has 0 radical (unpaired) electrons. The van der Waals surface area contributed by atoms with E-state index in [1.54, 1.807) is 32.4 Å². The molecule has 0 heterocycles. The predicted molar refractivity (Wildman–Crippen MR) is 132 cm³/mol. The minimum Gasteiger partial charge on any atom is -0.497 e. The fourth-order valence-electron chi connectivity index (χ4n) is 2.88. The third-order valence-corrected chi connectivity index (χ3v) is 4.65. The van der Waals surface area contributed by atoms with Crippen LogP contribution >= 0.6 is 24.0 Å². The molecule has 29 heavy (non-hydrogen) atoms. The first-order chi connectivity index (χ1) is 13.5. The zero-order valence-electron chi connectivity index (χ0n) is 18.5. The Morgan fingerprint density at radius 3 is 2.52 bits per heavy atom. The Balaban J connectivity index is 0.00000784. The molecule has 166 valence electrons. The maximum absolute atomic E-state index is 12.2. The lowest BCUT2D eigenvalue weighted by Gasteiger charge is -2.21. The van der Waals surface area contributed by atoms with Gasteiger partial charge in [0.1, 0.15) is 5.75 Å². The third kappa shape index (κ3) is 11.3. The minimum atomic E-state index is -0.117. The van der Waals surface area contributed by atoms with Crippen LogP contribution in [0.3, 0.4) is 0 Å². The largest absolute Gasteiger partial charge is 0.497 e. The van der Waals surface area contributed by atoms with Crippen LogP contribution in [0.4, 0.5) is 0 Å². The number of carbonyl (C=O) groups excluding carboxylic acids is 1. The monoisotopic (exact) mass is 519 g/mol. The molecule has 0 fully saturated rings. The summed E-state index contributed by atoms with van der Waals surface area (Å²) >= 11 is 0. The summed E-state index contributed by atoms with van der Waals surface area (Å²) in [6.45, 7) is 11.0. The highest BCUT2D eigenvalue weighted by molar-refractivity contribution is 14.0. The van der Waals surface area contributed by atoms with Crippen LogP contribution < -0.4 is 20.7 Å². The Labute approximate surface area is 193 Å². The highest BCUT2D eigenvalue weighted by Crippen LogP contribution is 2.12. The van der Waals surface area contributed by atoms with E-state index in [1.165, 1.54) is 0 Å². The van der Waals surface area contributed by atoms with E-state index in [0.717, 1.165) is 38.4 Å². The molecule has 1 amide bonds. The van der Waals surface area contributed by atoms with E-state index in [-0.39, 0.29) is 29.9 Å². The van der Waals surface area contributed by atoms with Crippen molar-refractivity contribution in [2.24, 2.45) is 4.99 Å². The molecule has 0 aliphatic carbocycles. The SMILES string of the molecule is CCN(CC)CCCC(C)NC(=NC)NCCNC(=O)c1cccc(OC)c1.I. The quantitative estimate of drug-likeness (QED) is 0.171. The number of ether oxygens (including phenoxy) is 1. The predicted octanol–water partition coefficient (Wildman–Crippen LogP) is 2.72. The number of nitrogens with zero attached hydrogens (tertiary/aromatic N) is 2. The summed E-state index contributed by atoms with van der Waals surface area (Å²) in [5.41, 5.74) is 0.587. The van der Waals surface area contributed by atoms with Gasteiger partial charge in [-0.3, -0.25) is 9.79 Å². The van der Waals surface area contributed by atoms with Gasteiger partial charge in [0, 0.05) is 31.7 Å². The van der Waals surface area contributed by atoms with Crippen molar-refractivity contribution >= 4 is 35.8 Å². The molecule has 0 bridgehead atoms. The van der Waals surface area contributed by atoms with Gasteiger partial charge in [-0.15, -0.1) is 24.0 Å². The van der Waals surface area contributed by atoms with Crippen LogP contribution in [0, 0.1) is 0 Å². The molecule has 1 rings (SSSR count). The van der Waals surface area contributed by atoms with Gasteiger partial charge in [0.15, 0.2) is 5.96 Å². The second-order valence-corrected chi connectivity index (χ2v) is 6.70. The normalized spacial score (nSPS) is 12.1. The molecule has 8 heteroatoms. The van der Waals surface area contributed by atoms with Gasteiger partial charge in [-0.05, 0) is 57.6 Å². The van der Waals surface area contributed by atoms with Crippen molar-refractivity contribution in [3.63, 3.8) is 0 Å². The fraction of sp³-hybridized carbons (Fsp3) is 0.619. The van der Waals surface area contributed by atoms with Crippen LogP contribution in [0.2, 0.25) is 0 Å². The van der Waals surface area contributed by atoms with Crippen molar-refractivity contribution in [3.8, 4) is 5.75 Å². The Kier molecular flexibility index (Phi) is 15.4. The summed E-state index contributed by atoms with van der Waals surface area (Å²) in [5.74, 6) is 1.31. The molecule has 0 saturated heterocycles. The van der Waals surface area contributed by atoms with Gasteiger partial charge < -0.3 is 25.6 Å². The Bertz CT molecular complexity index is 608. The molecular formula is C21H38IN5O2. The lowest BCUT2D eigenvalue weighted by atomic mass is 10.2. The summed E-state index contributed by atoms with van der Waals surface area (Å²) in [6.07, 6.45) is 2.24. The van der Waals surface area contributed by atoms with Gasteiger partial charge in [-0.1, -0.05) is 19.9 Å². The number of amides is 1. The van der Waals surface area contributed by atoms with Crippen LogP contribution in [0.5, 0.6) is 5.75 Å². The highest BCUT2D eigenvalue weighted by Gasteiger charge is 2.08. The van der Waals surface area contributed by atoms with Crippen molar-refractivity contribution in [2.45, 2.75) is 39.7 Å². The van der Waals surface area contributed by atoms with Gasteiger partial charge in [-0.2, -0.15) is 0 Å². The summed E-state index contributed by atoms with van der Waals surface area (Å²) in [6, 6.07) is 7.46. The van der Waals surface area contributed by atoms with E-state index in [9.17, 15) is 4.79 Å². The second kappa shape index (κ2) is 16.3. The molecule has 7 nitrogen and oxygen atoms in total. The number of aliphatic imine (C=N–C) groups is 1. The summed E-state index contributed by atoms with van der Waals surface area (Å²) in [5, 5.41) is 9.54.